The maximum absolute atomic E-state index is 10.3. The van der Waals surface area contributed by atoms with Crippen molar-refractivity contribution in [1.29, 1.82) is 0 Å². The molecule has 0 saturated carbocycles. The molecule has 1 N–H and O–H groups in total. The topological polar surface area (TPSA) is 29.1 Å². The van der Waals surface area contributed by atoms with Gasteiger partial charge in [0, 0.05) is 10.5 Å². The number of aldehydes is 1. The van der Waals surface area contributed by atoms with Crippen molar-refractivity contribution in [2.75, 3.05) is 7.05 Å². The fourth-order valence-corrected chi connectivity index (χ4v) is 1.24. The predicted molar refractivity (Wildman–Crippen MR) is 46.7 cm³/mol. The largest absolute Gasteiger partial charge is 0.298 e. The van der Waals surface area contributed by atoms with Crippen molar-refractivity contribution >= 4 is 18.2 Å². The van der Waals surface area contributed by atoms with Gasteiger partial charge in [0.2, 0.25) is 0 Å². The smallest absolute Gasteiger partial charge is 0.150 e. The van der Waals surface area contributed by atoms with Crippen molar-refractivity contribution in [2.45, 2.75) is 4.90 Å². The number of carbonyl (C=O) groups is 1. The van der Waals surface area contributed by atoms with Gasteiger partial charge in [-0.15, -0.1) is 0 Å². The van der Waals surface area contributed by atoms with Crippen LogP contribution in [0.15, 0.2) is 29.2 Å². The van der Waals surface area contributed by atoms with Gasteiger partial charge in [-0.05, 0) is 31.1 Å². The zero-order chi connectivity index (χ0) is 8.10. The van der Waals surface area contributed by atoms with Crippen LogP contribution in [0.5, 0.6) is 0 Å². The average molecular weight is 167 g/mol. The lowest BCUT2D eigenvalue weighted by molar-refractivity contribution is 0.112. The molecule has 0 spiro atoms. The minimum atomic E-state index is 0.713. The van der Waals surface area contributed by atoms with Crippen LogP contribution in [0.2, 0.25) is 0 Å². The van der Waals surface area contributed by atoms with E-state index in [0.29, 0.717) is 5.56 Å². The summed E-state index contributed by atoms with van der Waals surface area (Å²) in [6.45, 7) is 0. The van der Waals surface area contributed by atoms with E-state index in [1.165, 1.54) is 11.9 Å². The van der Waals surface area contributed by atoms with Gasteiger partial charge in [0.05, 0.1) is 0 Å². The van der Waals surface area contributed by atoms with E-state index in [4.69, 9.17) is 0 Å². The summed E-state index contributed by atoms with van der Waals surface area (Å²) in [4.78, 5) is 11.4. The Balaban J connectivity index is 2.74. The van der Waals surface area contributed by atoms with Crippen molar-refractivity contribution in [3.63, 3.8) is 0 Å². The molecule has 0 heterocycles. The molecule has 0 amide bonds. The van der Waals surface area contributed by atoms with Crippen molar-refractivity contribution < 1.29 is 4.79 Å². The maximum atomic E-state index is 10.3. The summed E-state index contributed by atoms with van der Waals surface area (Å²) in [5.41, 5.74) is 0.713. The molecule has 0 radical (unpaired) electrons. The third-order valence-corrected chi connectivity index (χ3v) is 1.95. The highest BCUT2D eigenvalue weighted by Gasteiger charge is 1.91. The fourth-order valence-electron chi connectivity index (χ4n) is 0.732. The SMILES string of the molecule is CNSc1ccc(C=O)cc1. The van der Waals surface area contributed by atoms with Gasteiger partial charge < -0.3 is 0 Å². The normalized spacial score (nSPS) is 9.55. The van der Waals surface area contributed by atoms with E-state index >= 15 is 0 Å². The Morgan fingerprint density at radius 3 is 2.45 bits per heavy atom. The molecular formula is C8H9NOS. The molecular weight excluding hydrogens is 158 g/mol. The molecule has 0 saturated heterocycles. The van der Waals surface area contributed by atoms with Crippen LogP contribution >= 0.6 is 11.9 Å². The lowest BCUT2D eigenvalue weighted by Crippen LogP contribution is -1.90. The van der Waals surface area contributed by atoms with Gasteiger partial charge in [-0.3, -0.25) is 9.52 Å². The summed E-state index contributed by atoms with van der Waals surface area (Å²) < 4.78 is 2.95. The van der Waals surface area contributed by atoms with Gasteiger partial charge >= 0.3 is 0 Å². The monoisotopic (exact) mass is 167 g/mol. The molecule has 0 aliphatic rings. The summed E-state index contributed by atoms with van der Waals surface area (Å²) in [7, 11) is 1.86. The lowest BCUT2D eigenvalue weighted by Gasteiger charge is -1.97. The molecule has 0 atom stereocenters. The number of benzene rings is 1. The third kappa shape index (κ3) is 2.37. The molecule has 3 heteroatoms. The molecule has 1 rings (SSSR count). The van der Waals surface area contributed by atoms with Crippen LogP contribution in [0.4, 0.5) is 0 Å². The summed E-state index contributed by atoms with van der Waals surface area (Å²) in [6.07, 6.45) is 0.841. The molecule has 0 aromatic heterocycles. The fraction of sp³-hybridized carbons (Fsp3) is 0.125. The maximum Gasteiger partial charge on any atom is 0.150 e. The Morgan fingerprint density at radius 1 is 1.36 bits per heavy atom. The molecule has 11 heavy (non-hydrogen) atoms. The molecule has 2 nitrogen and oxygen atoms in total. The lowest BCUT2D eigenvalue weighted by atomic mass is 10.2. The van der Waals surface area contributed by atoms with Gasteiger partial charge in [0.25, 0.3) is 0 Å². The van der Waals surface area contributed by atoms with E-state index in [1.54, 1.807) is 12.1 Å². The molecule has 1 aromatic rings. The first kappa shape index (κ1) is 8.30. The van der Waals surface area contributed by atoms with Gasteiger partial charge in [0.15, 0.2) is 0 Å². The van der Waals surface area contributed by atoms with E-state index in [2.05, 4.69) is 4.72 Å². The van der Waals surface area contributed by atoms with E-state index < -0.39 is 0 Å². The van der Waals surface area contributed by atoms with Crippen molar-refractivity contribution in [1.82, 2.24) is 4.72 Å². The summed E-state index contributed by atoms with van der Waals surface area (Å²) in [5, 5.41) is 0. The molecule has 0 aliphatic carbocycles. The zero-order valence-electron chi connectivity index (χ0n) is 6.20. The Hall–Kier alpha value is -0.800. The third-order valence-electron chi connectivity index (χ3n) is 1.24. The molecule has 0 aliphatic heterocycles. The van der Waals surface area contributed by atoms with Crippen LogP contribution in [0.1, 0.15) is 10.4 Å². The Bertz CT molecular complexity index is 232. The van der Waals surface area contributed by atoms with E-state index in [1.807, 2.05) is 19.2 Å². The highest BCUT2D eigenvalue weighted by Crippen LogP contribution is 2.13. The summed E-state index contributed by atoms with van der Waals surface area (Å²) in [6, 6.07) is 7.41. The van der Waals surface area contributed by atoms with Crippen LogP contribution in [0.3, 0.4) is 0 Å². The summed E-state index contributed by atoms with van der Waals surface area (Å²) >= 11 is 1.53. The molecule has 0 fully saturated rings. The second kappa shape index (κ2) is 4.16. The van der Waals surface area contributed by atoms with Crippen molar-refractivity contribution in [3.05, 3.63) is 29.8 Å². The predicted octanol–water partition coefficient (Wildman–Crippen LogP) is 1.73. The second-order valence-electron chi connectivity index (χ2n) is 1.99. The first-order valence-corrected chi connectivity index (χ1v) is 4.07. The van der Waals surface area contributed by atoms with E-state index in [0.717, 1.165) is 11.2 Å². The summed E-state index contributed by atoms with van der Waals surface area (Å²) in [5.74, 6) is 0. The quantitative estimate of drug-likeness (QED) is 0.549. The minimum Gasteiger partial charge on any atom is -0.298 e. The van der Waals surface area contributed by atoms with Crippen LogP contribution in [-0.4, -0.2) is 13.3 Å². The van der Waals surface area contributed by atoms with Crippen LogP contribution < -0.4 is 4.72 Å². The second-order valence-corrected chi connectivity index (χ2v) is 3.08. The number of hydrogen-bond donors (Lipinski definition) is 1. The van der Waals surface area contributed by atoms with E-state index in [-0.39, 0.29) is 0 Å². The average Bonchev–Trinajstić information content (AvgIpc) is 2.07. The standard InChI is InChI=1S/C8H9NOS/c1-9-11-8-4-2-7(6-10)3-5-8/h2-6,9H,1H3. The first-order valence-electron chi connectivity index (χ1n) is 3.25. The van der Waals surface area contributed by atoms with Crippen molar-refractivity contribution in [3.8, 4) is 0 Å². The van der Waals surface area contributed by atoms with Crippen LogP contribution in [0, 0.1) is 0 Å². The van der Waals surface area contributed by atoms with Crippen LogP contribution in [-0.2, 0) is 0 Å². The van der Waals surface area contributed by atoms with Gasteiger partial charge in [0.1, 0.15) is 6.29 Å². The molecule has 0 unspecified atom stereocenters. The Kier molecular flexibility index (Phi) is 3.14. The molecule has 1 aromatic carbocycles. The first-order chi connectivity index (χ1) is 5.36. The Labute approximate surface area is 70.1 Å². The van der Waals surface area contributed by atoms with Crippen LogP contribution in [0.25, 0.3) is 0 Å². The number of carbonyl (C=O) groups excluding carboxylic acids is 1. The number of hydrogen-bond acceptors (Lipinski definition) is 3. The Morgan fingerprint density at radius 2 is 2.00 bits per heavy atom. The molecule has 58 valence electrons. The van der Waals surface area contributed by atoms with Gasteiger partial charge in [-0.2, -0.15) is 0 Å². The highest BCUT2D eigenvalue weighted by atomic mass is 32.2. The highest BCUT2D eigenvalue weighted by molar-refractivity contribution is 7.97. The zero-order valence-corrected chi connectivity index (χ0v) is 7.02. The van der Waals surface area contributed by atoms with Crippen molar-refractivity contribution in [2.24, 2.45) is 0 Å². The molecule has 0 bridgehead atoms. The number of nitrogens with one attached hydrogen (secondary N) is 1. The van der Waals surface area contributed by atoms with E-state index in [9.17, 15) is 4.79 Å². The van der Waals surface area contributed by atoms with Gasteiger partial charge in [-0.25, -0.2) is 0 Å². The number of rotatable bonds is 3. The minimum absolute atomic E-state index is 0.713. The van der Waals surface area contributed by atoms with Gasteiger partial charge in [-0.1, -0.05) is 12.1 Å².